The first-order valence-electron chi connectivity index (χ1n) is 8.10. The molecule has 2 aliphatic rings. The number of nitrogens with zero attached hydrogens (tertiary/aromatic N) is 1. The number of hydrogen-bond donors (Lipinski definition) is 0. The summed E-state index contributed by atoms with van der Waals surface area (Å²) < 4.78 is 27.4. The summed E-state index contributed by atoms with van der Waals surface area (Å²) in [6.45, 7) is 2.18. The van der Waals surface area contributed by atoms with Gasteiger partial charge < -0.3 is 0 Å². The van der Waals surface area contributed by atoms with Crippen molar-refractivity contribution in [1.82, 2.24) is 4.31 Å². The van der Waals surface area contributed by atoms with E-state index >= 15 is 0 Å². The normalized spacial score (nSPS) is 26.0. The largest absolute Gasteiger partial charge is 0.243 e. The molecule has 1 aromatic rings. The summed E-state index contributed by atoms with van der Waals surface area (Å²) in [5.41, 5.74) is 2.55. The van der Waals surface area contributed by atoms with Crippen molar-refractivity contribution in [3.05, 3.63) is 29.3 Å². The summed E-state index contributed by atoms with van der Waals surface area (Å²) in [5, 5.41) is 0. The molecule has 0 spiro atoms. The van der Waals surface area contributed by atoms with E-state index in [0.29, 0.717) is 10.8 Å². The van der Waals surface area contributed by atoms with Crippen LogP contribution < -0.4 is 0 Å². The monoisotopic (exact) mass is 307 g/mol. The minimum absolute atomic E-state index is 0.150. The number of benzene rings is 1. The fourth-order valence-electron chi connectivity index (χ4n) is 3.89. The minimum atomic E-state index is -3.36. The molecule has 1 saturated carbocycles. The zero-order chi connectivity index (χ0) is 15.0. The molecule has 0 N–H and O–H groups in total. The van der Waals surface area contributed by atoms with Crippen LogP contribution in [-0.4, -0.2) is 25.8 Å². The molecule has 0 bridgehead atoms. The van der Waals surface area contributed by atoms with Gasteiger partial charge in [0, 0.05) is 13.1 Å². The van der Waals surface area contributed by atoms with Crippen LogP contribution in [0.4, 0.5) is 0 Å². The highest BCUT2D eigenvalue weighted by molar-refractivity contribution is 7.89. The maximum Gasteiger partial charge on any atom is 0.243 e. The zero-order valence-electron chi connectivity index (χ0n) is 13.0. The molecule has 116 valence electrons. The second kappa shape index (κ2) is 5.73. The molecule has 2 unspecified atom stereocenters. The van der Waals surface area contributed by atoms with Gasteiger partial charge in [0.15, 0.2) is 0 Å². The third-order valence-corrected chi connectivity index (χ3v) is 7.16. The predicted octanol–water partition coefficient (Wildman–Crippen LogP) is 3.37. The van der Waals surface area contributed by atoms with Crippen LogP contribution in [0, 0.1) is 5.92 Å². The lowest BCUT2D eigenvalue weighted by Gasteiger charge is -2.35. The summed E-state index contributed by atoms with van der Waals surface area (Å²) >= 11 is 0. The van der Waals surface area contributed by atoms with Crippen LogP contribution in [0.5, 0.6) is 0 Å². The fourth-order valence-corrected chi connectivity index (χ4v) is 5.42. The molecule has 0 radical (unpaired) electrons. The van der Waals surface area contributed by atoms with Gasteiger partial charge in [0.05, 0.1) is 4.90 Å². The quantitative estimate of drug-likeness (QED) is 0.858. The Bertz CT molecular complexity index is 624. The van der Waals surface area contributed by atoms with Crippen LogP contribution in [0.2, 0.25) is 0 Å². The van der Waals surface area contributed by atoms with Crippen molar-refractivity contribution in [2.45, 2.75) is 62.8 Å². The maximum absolute atomic E-state index is 12.9. The highest BCUT2D eigenvalue weighted by Crippen LogP contribution is 2.32. The Hall–Kier alpha value is -0.870. The summed E-state index contributed by atoms with van der Waals surface area (Å²) in [6, 6.07) is 5.86. The highest BCUT2D eigenvalue weighted by Gasteiger charge is 2.33. The van der Waals surface area contributed by atoms with Crippen LogP contribution in [0.25, 0.3) is 0 Å². The number of aryl methyl sites for hydroxylation is 2. The molecule has 1 aromatic carbocycles. The summed E-state index contributed by atoms with van der Waals surface area (Å²) in [5.74, 6) is 0.452. The molecule has 0 amide bonds. The molecule has 21 heavy (non-hydrogen) atoms. The van der Waals surface area contributed by atoms with Gasteiger partial charge in [-0.1, -0.05) is 25.8 Å². The summed E-state index contributed by atoms with van der Waals surface area (Å²) in [4.78, 5) is 0.475. The molecular formula is C17H25NO2S. The second-order valence-corrected chi connectivity index (χ2v) is 8.63. The van der Waals surface area contributed by atoms with Gasteiger partial charge in [0.2, 0.25) is 10.0 Å². The van der Waals surface area contributed by atoms with Gasteiger partial charge in [0.1, 0.15) is 0 Å². The first-order valence-corrected chi connectivity index (χ1v) is 9.54. The average Bonchev–Trinajstić information content (AvgIpc) is 2.94. The molecule has 1 fully saturated rings. The van der Waals surface area contributed by atoms with E-state index in [1.54, 1.807) is 17.4 Å². The van der Waals surface area contributed by atoms with E-state index < -0.39 is 10.0 Å². The fraction of sp³-hybridized carbons (Fsp3) is 0.647. The van der Waals surface area contributed by atoms with Crippen molar-refractivity contribution in [2.24, 2.45) is 5.92 Å². The molecule has 4 heteroatoms. The third kappa shape index (κ3) is 2.76. The van der Waals surface area contributed by atoms with E-state index in [1.807, 2.05) is 12.1 Å². The smallest absolute Gasteiger partial charge is 0.207 e. The number of hydrogen-bond acceptors (Lipinski definition) is 2. The molecule has 0 saturated heterocycles. The zero-order valence-corrected chi connectivity index (χ0v) is 13.8. The van der Waals surface area contributed by atoms with Gasteiger partial charge in [-0.25, -0.2) is 8.42 Å². The second-order valence-electron chi connectivity index (χ2n) is 6.63. The number of sulfonamides is 1. The van der Waals surface area contributed by atoms with E-state index in [0.717, 1.165) is 38.5 Å². The Balaban J connectivity index is 1.89. The maximum atomic E-state index is 12.9. The Morgan fingerprint density at radius 3 is 2.52 bits per heavy atom. The summed E-state index contributed by atoms with van der Waals surface area (Å²) in [6.07, 6.45) is 7.74. The van der Waals surface area contributed by atoms with Crippen molar-refractivity contribution in [3.8, 4) is 0 Å². The number of rotatable bonds is 3. The van der Waals surface area contributed by atoms with Crippen LogP contribution in [-0.2, 0) is 22.9 Å². The van der Waals surface area contributed by atoms with Gasteiger partial charge in [0.25, 0.3) is 0 Å². The molecular weight excluding hydrogens is 282 g/mol. The third-order valence-electron chi connectivity index (χ3n) is 5.28. The van der Waals surface area contributed by atoms with Gasteiger partial charge in [-0.15, -0.1) is 0 Å². The minimum Gasteiger partial charge on any atom is -0.207 e. The Morgan fingerprint density at radius 2 is 1.76 bits per heavy atom. The summed E-state index contributed by atoms with van der Waals surface area (Å²) in [7, 11) is -1.60. The average molecular weight is 307 g/mol. The lowest BCUT2D eigenvalue weighted by atomic mass is 9.86. The lowest BCUT2D eigenvalue weighted by molar-refractivity contribution is 0.213. The van der Waals surface area contributed by atoms with Crippen molar-refractivity contribution < 1.29 is 8.42 Å². The SMILES string of the molecule is CC1CCCCC1N(C)S(=O)(=O)c1ccc2c(c1)CCC2. The van der Waals surface area contributed by atoms with Gasteiger partial charge in [-0.3, -0.25) is 0 Å². The molecule has 2 aliphatic carbocycles. The molecule has 0 aromatic heterocycles. The van der Waals surface area contributed by atoms with Crippen LogP contribution in [0.15, 0.2) is 23.1 Å². The van der Waals surface area contributed by atoms with Gasteiger partial charge in [-0.05, 0) is 61.3 Å². The van der Waals surface area contributed by atoms with E-state index in [1.165, 1.54) is 17.5 Å². The van der Waals surface area contributed by atoms with Crippen molar-refractivity contribution in [1.29, 1.82) is 0 Å². The van der Waals surface area contributed by atoms with Crippen molar-refractivity contribution in [3.63, 3.8) is 0 Å². The van der Waals surface area contributed by atoms with Gasteiger partial charge in [-0.2, -0.15) is 4.31 Å². The molecule has 0 heterocycles. The lowest BCUT2D eigenvalue weighted by Crippen LogP contribution is -2.42. The van der Waals surface area contributed by atoms with Crippen molar-refractivity contribution >= 4 is 10.0 Å². The van der Waals surface area contributed by atoms with Crippen molar-refractivity contribution in [2.75, 3.05) is 7.05 Å². The van der Waals surface area contributed by atoms with E-state index in [4.69, 9.17) is 0 Å². The Morgan fingerprint density at radius 1 is 1.05 bits per heavy atom. The molecule has 0 aliphatic heterocycles. The molecule has 3 rings (SSSR count). The van der Waals surface area contributed by atoms with Crippen LogP contribution in [0.3, 0.4) is 0 Å². The standard InChI is InChI=1S/C17H25NO2S/c1-13-6-3-4-9-17(13)18(2)21(19,20)16-11-10-14-7-5-8-15(14)12-16/h10-13,17H,3-9H2,1-2H3. The van der Waals surface area contributed by atoms with Crippen LogP contribution in [0.1, 0.15) is 50.2 Å². The number of fused-ring (bicyclic) bond motifs is 1. The molecule has 2 atom stereocenters. The highest BCUT2D eigenvalue weighted by atomic mass is 32.2. The Kier molecular flexibility index (Phi) is 4.10. The first-order chi connectivity index (χ1) is 10.00. The molecule has 3 nitrogen and oxygen atoms in total. The first kappa shape index (κ1) is 15.0. The van der Waals surface area contributed by atoms with E-state index in [2.05, 4.69) is 6.92 Å². The van der Waals surface area contributed by atoms with E-state index in [9.17, 15) is 8.42 Å². The Labute approximate surface area is 128 Å². The topological polar surface area (TPSA) is 37.4 Å². The van der Waals surface area contributed by atoms with Crippen LogP contribution >= 0.6 is 0 Å². The van der Waals surface area contributed by atoms with E-state index in [-0.39, 0.29) is 6.04 Å². The van der Waals surface area contributed by atoms with Gasteiger partial charge >= 0.3 is 0 Å². The predicted molar refractivity (Wildman–Crippen MR) is 84.8 cm³/mol.